The molecule has 0 spiro atoms. The Morgan fingerprint density at radius 2 is 1.92 bits per heavy atom. The smallest absolute Gasteiger partial charge is 0.231 e. The monoisotopic (exact) mass is 331 g/mol. The Balaban J connectivity index is 1.60. The largest absolute Gasteiger partial charge is 0.312 e. The molecule has 0 saturated carbocycles. The Kier molecular flexibility index (Phi) is 4.15. The highest BCUT2D eigenvalue weighted by molar-refractivity contribution is 5.97. The molecule has 25 heavy (non-hydrogen) atoms. The minimum Gasteiger partial charge on any atom is -0.312 e. The number of anilines is 1. The van der Waals surface area contributed by atoms with Gasteiger partial charge in [0, 0.05) is 25.3 Å². The molecule has 0 aliphatic carbocycles. The third-order valence-corrected chi connectivity index (χ3v) is 5.25. The first-order valence-corrected chi connectivity index (χ1v) is 8.90. The molecule has 126 valence electrons. The lowest BCUT2D eigenvalue weighted by Crippen LogP contribution is -2.40. The maximum atomic E-state index is 13.0. The minimum absolute atomic E-state index is 0.0561. The van der Waals surface area contributed by atoms with Crippen LogP contribution in [0.15, 0.2) is 48.5 Å². The zero-order valence-corrected chi connectivity index (χ0v) is 14.2. The second kappa shape index (κ2) is 6.60. The van der Waals surface area contributed by atoms with E-state index < -0.39 is 0 Å². The highest BCUT2D eigenvalue weighted by atomic mass is 16.2. The summed E-state index contributed by atoms with van der Waals surface area (Å²) in [6.07, 6.45) is 4.94. The van der Waals surface area contributed by atoms with Crippen LogP contribution in [0.3, 0.4) is 0 Å². The second-order valence-electron chi connectivity index (χ2n) is 6.83. The molecule has 0 bridgehead atoms. The number of carbonyl (C=O) groups excluding carboxylic acids is 1. The molecular formula is C21H21N3O. The fourth-order valence-corrected chi connectivity index (χ4v) is 3.91. The normalized spacial score (nSPS) is 19.4. The van der Waals surface area contributed by atoms with Crippen LogP contribution in [-0.4, -0.2) is 30.4 Å². The van der Waals surface area contributed by atoms with Gasteiger partial charge in [0.1, 0.15) is 0 Å². The highest BCUT2D eigenvalue weighted by Crippen LogP contribution is 2.33. The summed E-state index contributed by atoms with van der Waals surface area (Å²) >= 11 is 0. The van der Waals surface area contributed by atoms with Crippen LogP contribution in [-0.2, 0) is 11.2 Å². The van der Waals surface area contributed by atoms with Crippen LogP contribution in [0.25, 0.3) is 11.1 Å². The Morgan fingerprint density at radius 3 is 2.68 bits per heavy atom. The Bertz CT molecular complexity index is 825. The van der Waals surface area contributed by atoms with E-state index in [-0.39, 0.29) is 11.8 Å². The van der Waals surface area contributed by atoms with E-state index >= 15 is 0 Å². The van der Waals surface area contributed by atoms with Gasteiger partial charge in [-0.15, -0.1) is 0 Å². The van der Waals surface area contributed by atoms with Crippen molar-refractivity contribution in [1.29, 1.82) is 5.26 Å². The number of rotatable bonds is 2. The van der Waals surface area contributed by atoms with Crippen LogP contribution in [0.1, 0.15) is 18.4 Å². The number of hydrogen-bond donors (Lipinski definition) is 0. The highest BCUT2D eigenvalue weighted by Gasteiger charge is 2.33. The van der Waals surface area contributed by atoms with Gasteiger partial charge in [0.05, 0.1) is 5.92 Å². The molecule has 2 aromatic rings. The molecule has 1 fully saturated rings. The molecule has 1 saturated heterocycles. The van der Waals surface area contributed by atoms with Crippen molar-refractivity contribution in [2.24, 2.45) is 5.92 Å². The third kappa shape index (κ3) is 2.98. The molecule has 0 radical (unpaired) electrons. The van der Waals surface area contributed by atoms with Crippen molar-refractivity contribution >= 4 is 11.6 Å². The zero-order valence-electron chi connectivity index (χ0n) is 14.2. The fraction of sp³-hybridized carbons (Fsp3) is 0.333. The topological polar surface area (TPSA) is 47.3 Å². The van der Waals surface area contributed by atoms with Crippen molar-refractivity contribution < 1.29 is 4.79 Å². The van der Waals surface area contributed by atoms with Gasteiger partial charge < -0.3 is 9.80 Å². The summed E-state index contributed by atoms with van der Waals surface area (Å²) in [5.41, 5.74) is 4.70. The first-order valence-electron chi connectivity index (χ1n) is 8.90. The number of likely N-dealkylation sites (tertiary alicyclic amines) is 1. The number of aryl methyl sites for hydroxylation is 1. The molecule has 2 heterocycles. The lowest BCUT2D eigenvalue weighted by atomic mass is 9.95. The van der Waals surface area contributed by atoms with Gasteiger partial charge in [-0.1, -0.05) is 36.4 Å². The summed E-state index contributed by atoms with van der Waals surface area (Å²) < 4.78 is 0. The van der Waals surface area contributed by atoms with Gasteiger partial charge in [-0.05, 0) is 48.1 Å². The van der Waals surface area contributed by atoms with Crippen molar-refractivity contribution in [3.05, 3.63) is 54.1 Å². The quantitative estimate of drug-likeness (QED) is 0.792. The van der Waals surface area contributed by atoms with Crippen LogP contribution < -0.4 is 4.90 Å². The third-order valence-electron chi connectivity index (χ3n) is 5.25. The first-order chi connectivity index (χ1) is 12.3. The van der Waals surface area contributed by atoms with E-state index in [0.717, 1.165) is 31.5 Å². The number of amides is 1. The molecule has 4 heteroatoms. The fourth-order valence-electron chi connectivity index (χ4n) is 3.91. The Labute approximate surface area is 148 Å². The van der Waals surface area contributed by atoms with Gasteiger partial charge >= 0.3 is 0 Å². The van der Waals surface area contributed by atoms with Gasteiger partial charge in [0.2, 0.25) is 5.91 Å². The maximum Gasteiger partial charge on any atom is 0.231 e. The van der Waals surface area contributed by atoms with E-state index in [9.17, 15) is 4.79 Å². The molecule has 1 amide bonds. The van der Waals surface area contributed by atoms with E-state index in [4.69, 9.17) is 5.26 Å². The maximum absolute atomic E-state index is 13.0. The number of hydrogen-bond acceptors (Lipinski definition) is 3. The van der Waals surface area contributed by atoms with Crippen LogP contribution >= 0.6 is 0 Å². The van der Waals surface area contributed by atoms with Crippen LogP contribution in [0, 0.1) is 17.4 Å². The molecule has 0 aromatic heterocycles. The van der Waals surface area contributed by atoms with Crippen molar-refractivity contribution in [3.63, 3.8) is 0 Å². The SMILES string of the molecule is N#CN1CC[C@H](C(=O)N2CCCc3cc(-c4ccccc4)ccc32)C1. The van der Waals surface area contributed by atoms with E-state index in [2.05, 4.69) is 36.5 Å². The summed E-state index contributed by atoms with van der Waals surface area (Å²) in [7, 11) is 0. The van der Waals surface area contributed by atoms with Gasteiger partial charge in [-0.3, -0.25) is 4.79 Å². The summed E-state index contributed by atoms with van der Waals surface area (Å²) in [6.45, 7) is 2.03. The van der Waals surface area contributed by atoms with E-state index in [0.29, 0.717) is 13.1 Å². The summed E-state index contributed by atoms with van der Waals surface area (Å²) in [5, 5.41) is 9.02. The van der Waals surface area contributed by atoms with Crippen molar-refractivity contribution in [1.82, 2.24) is 4.90 Å². The standard InChI is InChI=1S/C21H21N3O/c22-15-23-12-10-19(14-23)21(25)24-11-4-7-18-13-17(8-9-20(18)24)16-5-2-1-3-6-16/h1-3,5-6,8-9,13,19H,4,7,10-12,14H2/t19-/m0/s1. The number of benzene rings is 2. The number of fused-ring (bicyclic) bond motifs is 1. The molecule has 4 nitrogen and oxygen atoms in total. The molecule has 0 N–H and O–H groups in total. The van der Waals surface area contributed by atoms with Crippen LogP contribution in [0.5, 0.6) is 0 Å². The lowest BCUT2D eigenvalue weighted by Gasteiger charge is -2.31. The lowest BCUT2D eigenvalue weighted by molar-refractivity contribution is -0.122. The Morgan fingerprint density at radius 1 is 1.08 bits per heavy atom. The Hall–Kier alpha value is -2.80. The minimum atomic E-state index is -0.0561. The van der Waals surface area contributed by atoms with Crippen molar-refractivity contribution in [3.8, 4) is 17.3 Å². The number of nitriles is 1. The molecule has 2 aliphatic heterocycles. The molecule has 2 aliphatic rings. The average Bonchev–Trinajstić information content (AvgIpc) is 3.16. The van der Waals surface area contributed by atoms with Gasteiger partial charge in [-0.2, -0.15) is 5.26 Å². The number of nitrogens with zero attached hydrogens (tertiary/aromatic N) is 3. The zero-order chi connectivity index (χ0) is 17.2. The summed E-state index contributed by atoms with van der Waals surface area (Å²) in [4.78, 5) is 16.6. The molecular weight excluding hydrogens is 310 g/mol. The van der Waals surface area contributed by atoms with E-state index in [1.165, 1.54) is 16.7 Å². The molecule has 4 rings (SSSR count). The van der Waals surface area contributed by atoms with E-state index in [1.807, 2.05) is 23.1 Å². The van der Waals surface area contributed by atoms with E-state index in [1.54, 1.807) is 4.90 Å². The van der Waals surface area contributed by atoms with Gasteiger partial charge in [-0.25, -0.2) is 0 Å². The van der Waals surface area contributed by atoms with Crippen molar-refractivity contribution in [2.75, 3.05) is 24.5 Å². The first kappa shape index (κ1) is 15.7. The molecule has 1 atom stereocenters. The molecule has 2 aromatic carbocycles. The van der Waals surface area contributed by atoms with Gasteiger partial charge in [0.25, 0.3) is 0 Å². The summed E-state index contributed by atoms with van der Waals surface area (Å²) in [5.74, 6) is 0.116. The molecule has 0 unspecified atom stereocenters. The second-order valence-corrected chi connectivity index (χ2v) is 6.83. The van der Waals surface area contributed by atoms with Crippen LogP contribution in [0.2, 0.25) is 0 Å². The summed E-state index contributed by atoms with van der Waals surface area (Å²) in [6, 6.07) is 16.8. The predicted molar refractivity (Wildman–Crippen MR) is 97.8 cm³/mol. The number of carbonyl (C=O) groups is 1. The predicted octanol–water partition coefficient (Wildman–Crippen LogP) is 3.44. The van der Waals surface area contributed by atoms with Crippen LogP contribution in [0.4, 0.5) is 5.69 Å². The average molecular weight is 331 g/mol. The van der Waals surface area contributed by atoms with Gasteiger partial charge in [0.15, 0.2) is 6.19 Å². The van der Waals surface area contributed by atoms with Crippen molar-refractivity contribution in [2.45, 2.75) is 19.3 Å².